The Morgan fingerprint density at radius 2 is 2.06 bits per heavy atom. The summed E-state index contributed by atoms with van der Waals surface area (Å²) in [4.78, 5) is 11.8. The number of carbonyl (C=O) groups excluding carboxylic acids is 1. The molecule has 0 aliphatic heterocycles. The molecular weight excluding hydrogens is 284 g/mol. The molecule has 0 aromatic carbocycles. The van der Waals surface area contributed by atoms with E-state index in [2.05, 4.69) is 15.3 Å². The number of aromatic nitrogens is 4. The summed E-state index contributed by atoms with van der Waals surface area (Å²) in [5.74, 6) is 0. The first-order valence-corrected chi connectivity index (χ1v) is 7.01. The van der Waals surface area contributed by atoms with Crippen molar-refractivity contribution in [3.05, 3.63) is 14.0 Å². The molecule has 0 spiro atoms. The van der Waals surface area contributed by atoms with Crippen molar-refractivity contribution in [2.24, 2.45) is 0 Å². The average Bonchev–Trinajstić information content (AvgIpc) is 2.73. The molecule has 2 rings (SSSR count). The molecule has 0 bridgehead atoms. The lowest BCUT2D eigenvalue weighted by molar-refractivity contribution is 0.259. The lowest BCUT2D eigenvalue weighted by atomic mass is 10.9. The highest BCUT2D eigenvalue weighted by Crippen LogP contribution is 2.24. The Kier molecular flexibility index (Phi) is 3.47. The summed E-state index contributed by atoms with van der Waals surface area (Å²) in [6.45, 7) is 3.65. The maximum Gasteiger partial charge on any atom is 0.315 e. The quantitative estimate of drug-likeness (QED) is 0.594. The fraction of sp³-hybridized carbons (Fsp3) is 0.286. The fourth-order valence-corrected chi connectivity index (χ4v) is 3.72. The minimum Gasteiger partial charge on any atom is -0.259 e. The molecule has 0 amide bonds. The lowest BCUT2D eigenvalue weighted by Gasteiger charge is -1.94. The summed E-state index contributed by atoms with van der Waals surface area (Å²) in [7, 11) is 0. The maximum atomic E-state index is 11.8. The normalized spacial score (nSPS) is 10.6. The molecule has 0 aliphatic rings. The molecule has 0 saturated carbocycles. The van der Waals surface area contributed by atoms with E-state index in [0.717, 1.165) is 21.8 Å². The van der Waals surface area contributed by atoms with Crippen LogP contribution in [0.4, 0.5) is 4.79 Å². The van der Waals surface area contributed by atoms with Crippen molar-refractivity contribution in [1.29, 1.82) is 0 Å². The molecule has 0 unspecified atom stereocenters. The van der Waals surface area contributed by atoms with Crippen LogP contribution in [0.2, 0.25) is 0 Å². The van der Waals surface area contributed by atoms with E-state index in [4.69, 9.17) is 12.2 Å². The second-order valence-corrected chi connectivity index (χ2v) is 6.96. The summed E-state index contributed by atoms with van der Waals surface area (Å²) in [5, 5.41) is 13.1. The molecule has 0 radical (unpaired) electrons. The molecule has 2 aromatic heterocycles. The number of carbonyl (C=O) groups is 1. The average molecular weight is 290 g/mol. The molecule has 0 atom stereocenters. The lowest BCUT2D eigenvalue weighted by Crippen LogP contribution is -2.06. The van der Waals surface area contributed by atoms with Gasteiger partial charge in [-0.15, -0.1) is 10.2 Å². The first-order chi connectivity index (χ1) is 7.56. The first kappa shape index (κ1) is 11.8. The van der Waals surface area contributed by atoms with Crippen molar-refractivity contribution in [2.75, 3.05) is 0 Å². The minimum atomic E-state index is -0.245. The molecule has 0 aliphatic carbocycles. The molecule has 84 valence electrons. The van der Waals surface area contributed by atoms with Crippen LogP contribution in [0.25, 0.3) is 0 Å². The van der Waals surface area contributed by atoms with Gasteiger partial charge in [0.1, 0.15) is 10.0 Å². The smallest absolute Gasteiger partial charge is 0.259 e. The van der Waals surface area contributed by atoms with E-state index >= 15 is 0 Å². The van der Waals surface area contributed by atoms with Gasteiger partial charge in [0.2, 0.25) is 0 Å². The van der Waals surface area contributed by atoms with E-state index in [1.165, 1.54) is 27.4 Å². The zero-order chi connectivity index (χ0) is 11.7. The van der Waals surface area contributed by atoms with Gasteiger partial charge in [0.15, 0.2) is 8.29 Å². The highest BCUT2D eigenvalue weighted by atomic mass is 32.2. The molecule has 0 fully saturated rings. The summed E-state index contributed by atoms with van der Waals surface area (Å²) in [6, 6.07) is 0. The van der Waals surface area contributed by atoms with Gasteiger partial charge in [0.05, 0.1) is 0 Å². The second kappa shape index (κ2) is 4.70. The predicted molar refractivity (Wildman–Crippen MR) is 67.0 cm³/mol. The van der Waals surface area contributed by atoms with Gasteiger partial charge in [-0.1, -0.05) is 22.7 Å². The molecular formula is C7H6N4OS4. The number of rotatable bonds is 1. The van der Waals surface area contributed by atoms with Crippen LogP contribution in [0.5, 0.6) is 0 Å². The van der Waals surface area contributed by atoms with E-state index in [9.17, 15) is 4.79 Å². The van der Waals surface area contributed by atoms with Crippen molar-refractivity contribution in [1.82, 2.24) is 20.0 Å². The van der Waals surface area contributed by atoms with Crippen LogP contribution in [0, 0.1) is 17.8 Å². The van der Waals surface area contributed by atoms with Gasteiger partial charge in [0, 0.05) is 11.8 Å². The van der Waals surface area contributed by atoms with Gasteiger partial charge in [0.25, 0.3) is 0 Å². The standard InChI is InChI=1S/C7H6N4OS4/c1-3-8-9-5(14-3)16-6(12)11-7(13)15-4(2)10-11/h1-2H3. The molecule has 2 heterocycles. The van der Waals surface area contributed by atoms with Crippen LogP contribution in [0.1, 0.15) is 10.0 Å². The third-order valence-electron chi connectivity index (χ3n) is 1.50. The van der Waals surface area contributed by atoms with Crippen LogP contribution in [-0.4, -0.2) is 25.2 Å². The van der Waals surface area contributed by atoms with Gasteiger partial charge in [-0.3, -0.25) is 4.79 Å². The monoisotopic (exact) mass is 290 g/mol. The summed E-state index contributed by atoms with van der Waals surface area (Å²) in [6.07, 6.45) is 0. The van der Waals surface area contributed by atoms with Crippen molar-refractivity contribution in [3.8, 4) is 0 Å². The van der Waals surface area contributed by atoms with Crippen LogP contribution in [0.15, 0.2) is 4.34 Å². The van der Waals surface area contributed by atoms with E-state index in [1.54, 1.807) is 0 Å². The van der Waals surface area contributed by atoms with Crippen LogP contribution in [-0.2, 0) is 0 Å². The summed E-state index contributed by atoms with van der Waals surface area (Å²) >= 11 is 8.70. The zero-order valence-electron chi connectivity index (χ0n) is 8.33. The SMILES string of the molecule is Cc1nnc(SC(=O)n2nc(C)sc2=S)s1. The Morgan fingerprint density at radius 1 is 1.31 bits per heavy atom. The zero-order valence-corrected chi connectivity index (χ0v) is 11.6. The predicted octanol–water partition coefficient (Wildman–Crippen LogP) is 2.90. The molecule has 5 nitrogen and oxygen atoms in total. The molecule has 2 aromatic rings. The topological polar surface area (TPSA) is 60.7 Å². The van der Waals surface area contributed by atoms with Crippen LogP contribution < -0.4 is 0 Å². The summed E-state index contributed by atoms with van der Waals surface area (Å²) in [5.41, 5.74) is 0. The number of hydrogen-bond acceptors (Lipinski definition) is 8. The Balaban J connectivity index is 2.21. The molecule has 9 heteroatoms. The second-order valence-electron chi connectivity index (χ2n) is 2.75. The van der Waals surface area contributed by atoms with Crippen molar-refractivity contribution in [2.45, 2.75) is 18.2 Å². The third-order valence-corrected chi connectivity index (χ3v) is 4.39. The van der Waals surface area contributed by atoms with Gasteiger partial charge < -0.3 is 0 Å². The Morgan fingerprint density at radius 3 is 2.56 bits per heavy atom. The Bertz CT molecular complexity index is 583. The van der Waals surface area contributed by atoms with Gasteiger partial charge in [-0.25, -0.2) is 0 Å². The number of thioether (sulfide) groups is 1. The largest absolute Gasteiger partial charge is 0.315 e. The van der Waals surface area contributed by atoms with Crippen LogP contribution >= 0.6 is 46.7 Å². The highest BCUT2D eigenvalue weighted by Gasteiger charge is 2.14. The van der Waals surface area contributed by atoms with E-state index in [0.29, 0.717) is 8.29 Å². The van der Waals surface area contributed by atoms with Gasteiger partial charge >= 0.3 is 5.24 Å². The van der Waals surface area contributed by atoms with Crippen molar-refractivity contribution < 1.29 is 4.79 Å². The third kappa shape index (κ3) is 2.54. The molecule has 16 heavy (non-hydrogen) atoms. The van der Waals surface area contributed by atoms with E-state index < -0.39 is 0 Å². The Labute approximate surface area is 109 Å². The highest BCUT2D eigenvalue weighted by molar-refractivity contribution is 8.14. The maximum absolute atomic E-state index is 11.8. The van der Waals surface area contributed by atoms with Crippen LogP contribution in [0.3, 0.4) is 0 Å². The fourth-order valence-electron chi connectivity index (χ4n) is 0.925. The van der Waals surface area contributed by atoms with Crippen molar-refractivity contribution >= 4 is 51.9 Å². The van der Waals surface area contributed by atoms with Gasteiger partial charge in [-0.2, -0.15) is 9.78 Å². The summed E-state index contributed by atoms with van der Waals surface area (Å²) < 4.78 is 2.28. The number of nitrogens with zero attached hydrogens (tertiary/aromatic N) is 4. The van der Waals surface area contributed by atoms with Crippen molar-refractivity contribution in [3.63, 3.8) is 0 Å². The Hall–Kier alpha value is -0.640. The molecule has 0 saturated heterocycles. The number of hydrogen-bond donors (Lipinski definition) is 0. The van der Waals surface area contributed by atoms with Gasteiger partial charge in [-0.05, 0) is 26.1 Å². The van der Waals surface area contributed by atoms with E-state index in [1.807, 2.05) is 13.8 Å². The molecule has 0 N–H and O–H groups in total. The first-order valence-electron chi connectivity index (χ1n) is 4.15. The number of aryl methyl sites for hydroxylation is 2. The van der Waals surface area contributed by atoms with E-state index in [-0.39, 0.29) is 5.24 Å². The minimum absolute atomic E-state index is 0.245.